The van der Waals surface area contributed by atoms with Gasteiger partial charge in [-0.1, -0.05) is 20.8 Å². The van der Waals surface area contributed by atoms with Crippen molar-refractivity contribution >= 4 is 6.03 Å². The molecule has 0 aromatic rings. The van der Waals surface area contributed by atoms with E-state index in [1.165, 1.54) is 0 Å². The first-order valence-electron chi connectivity index (χ1n) is 5.60. The van der Waals surface area contributed by atoms with Gasteiger partial charge in [0.1, 0.15) is 0 Å². The van der Waals surface area contributed by atoms with Crippen molar-refractivity contribution < 1.29 is 4.79 Å². The minimum Gasteiger partial charge on any atom is -0.338 e. The van der Waals surface area contributed by atoms with Gasteiger partial charge in [0.25, 0.3) is 0 Å². The molecule has 15 heavy (non-hydrogen) atoms. The van der Waals surface area contributed by atoms with Gasteiger partial charge in [0, 0.05) is 19.1 Å². The number of amides is 2. The molecule has 2 amide bonds. The van der Waals surface area contributed by atoms with Crippen molar-refractivity contribution in [2.75, 3.05) is 26.7 Å². The molecule has 1 aliphatic heterocycles. The van der Waals surface area contributed by atoms with Gasteiger partial charge in [-0.15, -0.1) is 0 Å². The second-order valence-corrected chi connectivity index (χ2v) is 5.64. The largest absolute Gasteiger partial charge is 0.338 e. The maximum atomic E-state index is 11.5. The lowest BCUT2D eigenvalue weighted by atomic mass is 9.97. The molecule has 4 nitrogen and oxygen atoms in total. The van der Waals surface area contributed by atoms with Gasteiger partial charge < -0.3 is 15.5 Å². The molecular weight excluding hydrogens is 190 g/mol. The van der Waals surface area contributed by atoms with Crippen LogP contribution < -0.4 is 10.6 Å². The summed E-state index contributed by atoms with van der Waals surface area (Å²) in [6.07, 6.45) is 1.05. The van der Waals surface area contributed by atoms with Crippen LogP contribution in [0.4, 0.5) is 4.79 Å². The van der Waals surface area contributed by atoms with Crippen LogP contribution in [0.25, 0.3) is 0 Å². The molecule has 4 heteroatoms. The summed E-state index contributed by atoms with van der Waals surface area (Å²) < 4.78 is 0. The lowest BCUT2D eigenvalue weighted by Gasteiger charge is -2.20. The molecule has 88 valence electrons. The maximum Gasteiger partial charge on any atom is 0.315 e. The van der Waals surface area contributed by atoms with Crippen molar-refractivity contribution in [3.8, 4) is 0 Å². The van der Waals surface area contributed by atoms with Crippen molar-refractivity contribution in [2.24, 2.45) is 5.41 Å². The smallest absolute Gasteiger partial charge is 0.315 e. The first-order chi connectivity index (χ1) is 6.87. The average molecular weight is 213 g/mol. The van der Waals surface area contributed by atoms with Crippen LogP contribution in [0.5, 0.6) is 0 Å². The Hall–Kier alpha value is -0.770. The highest BCUT2D eigenvalue weighted by Crippen LogP contribution is 2.10. The number of carbonyl (C=O) groups is 1. The predicted molar refractivity (Wildman–Crippen MR) is 61.9 cm³/mol. The van der Waals surface area contributed by atoms with Crippen LogP contribution >= 0.6 is 0 Å². The van der Waals surface area contributed by atoms with E-state index in [9.17, 15) is 4.79 Å². The second-order valence-electron chi connectivity index (χ2n) is 5.64. The van der Waals surface area contributed by atoms with Crippen LogP contribution in [0.2, 0.25) is 0 Å². The van der Waals surface area contributed by atoms with Crippen LogP contribution in [-0.2, 0) is 0 Å². The Bertz CT molecular complexity index is 222. The summed E-state index contributed by atoms with van der Waals surface area (Å²) in [5, 5.41) is 5.89. The van der Waals surface area contributed by atoms with Gasteiger partial charge in [0.2, 0.25) is 0 Å². The summed E-state index contributed by atoms with van der Waals surface area (Å²) >= 11 is 0. The topological polar surface area (TPSA) is 44.4 Å². The molecule has 1 fully saturated rings. The molecule has 1 saturated heterocycles. The van der Waals surface area contributed by atoms with Crippen molar-refractivity contribution in [2.45, 2.75) is 33.2 Å². The molecule has 1 aliphatic rings. The van der Waals surface area contributed by atoms with E-state index in [0.29, 0.717) is 12.6 Å². The maximum absolute atomic E-state index is 11.5. The molecule has 1 unspecified atom stereocenters. The van der Waals surface area contributed by atoms with E-state index in [2.05, 4.69) is 43.4 Å². The third kappa shape index (κ3) is 5.02. The minimum atomic E-state index is -0.0368. The standard InChI is InChI=1S/C11H23N3O/c1-11(2,3)8-12-10(15)13-9-5-6-14(4)7-9/h9H,5-8H2,1-4H3,(H2,12,13,15). The molecule has 0 radical (unpaired) electrons. The second kappa shape index (κ2) is 4.84. The molecular formula is C11H23N3O. The fraction of sp³-hybridized carbons (Fsp3) is 0.909. The van der Waals surface area contributed by atoms with Gasteiger partial charge >= 0.3 is 6.03 Å². The SMILES string of the molecule is CN1CCC(NC(=O)NCC(C)(C)C)C1. The van der Waals surface area contributed by atoms with Gasteiger partial charge in [-0.3, -0.25) is 0 Å². The van der Waals surface area contributed by atoms with Crippen molar-refractivity contribution in [3.63, 3.8) is 0 Å². The van der Waals surface area contributed by atoms with Crippen LogP contribution in [0, 0.1) is 5.41 Å². The Morgan fingerprint density at radius 2 is 2.13 bits per heavy atom. The summed E-state index contributed by atoms with van der Waals surface area (Å²) in [5.41, 5.74) is 0.143. The fourth-order valence-corrected chi connectivity index (χ4v) is 1.63. The monoisotopic (exact) mass is 213 g/mol. The number of nitrogens with zero attached hydrogens (tertiary/aromatic N) is 1. The number of hydrogen-bond donors (Lipinski definition) is 2. The van der Waals surface area contributed by atoms with Crippen LogP contribution in [0.15, 0.2) is 0 Å². The zero-order chi connectivity index (χ0) is 11.5. The molecule has 0 spiro atoms. The Morgan fingerprint density at radius 1 is 1.47 bits per heavy atom. The summed E-state index contributed by atoms with van der Waals surface area (Å²) in [4.78, 5) is 13.7. The molecule has 2 N–H and O–H groups in total. The highest BCUT2D eigenvalue weighted by Gasteiger charge is 2.21. The van der Waals surface area contributed by atoms with Crippen molar-refractivity contribution in [1.82, 2.24) is 15.5 Å². The molecule has 0 saturated carbocycles. The average Bonchev–Trinajstić information content (AvgIpc) is 2.47. The zero-order valence-corrected chi connectivity index (χ0v) is 10.3. The number of rotatable bonds is 2. The zero-order valence-electron chi connectivity index (χ0n) is 10.3. The molecule has 1 heterocycles. The van der Waals surface area contributed by atoms with Gasteiger partial charge in [-0.2, -0.15) is 0 Å². The molecule has 1 atom stereocenters. The first-order valence-corrected chi connectivity index (χ1v) is 5.60. The summed E-state index contributed by atoms with van der Waals surface area (Å²) in [6, 6.07) is 0.278. The Kier molecular flexibility index (Phi) is 3.97. The predicted octanol–water partition coefficient (Wildman–Crippen LogP) is 1.04. The highest BCUT2D eigenvalue weighted by atomic mass is 16.2. The van der Waals surface area contributed by atoms with Crippen molar-refractivity contribution in [3.05, 3.63) is 0 Å². The summed E-state index contributed by atoms with van der Waals surface area (Å²) in [6.45, 7) is 9.07. The van der Waals surface area contributed by atoms with E-state index in [-0.39, 0.29) is 11.4 Å². The van der Waals surface area contributed by atoms with Gasteiger partial charge in [0.05, 0.1) is 0 Å². The summed E-state index contributed by atoms with van der Waals surface area (Å²) in [7, 11) is 2.08. The quantitative estimate of drug-likeness (QED) is 0.720. The normalized spacial score (nSPS) is 22.8. The van der Waals surface area contributed by atoms with E-state index in [1.807, 2.05) is 0 Å². The number of likely N-dealkylation sites (tertiary alicyclic amines) is 1. The number of hydrogen-bond acceptors (Lipinski definition) is 2. The molecule has 0 bridgehead atoms. The minimum absolute atomic E-state index is 0.0368. The van der Waals surface area contributed by atoms with Crippen LogP contribution in [0.1, 0.15) is 27.2 Å². The number of urea groups is 1. The van der Waals surface area contributed by atoms with Crippen molar-refractivity contribution in [1.29, 1.82) is 0 Å². The van der Waals surface area contributed by atoms with Crippen LogP contribution in [-0.4, -0.2) is 43.7 Å². The van der Waals surface area contributed by atoms with E-state index < -0.39 is 0 Å². The van der Waals surface area contributed by atoms with Gasteiger partial charge in [0.15, 0.2) is 0 Å². The first kappa shape index (κ1) is 12.3. The lowest BCUT2D eigenvalue weighted by molar-refractivity contribution is 0.231. The third-order valence-electron chi connectivity index (χ3n) is 2.51. The molecule has 0 aliphatic carbocycles. The number of likely N-dealkylation sites (N-methyl/N-ethyl adjacent to an activating group) is 1. The van der Waals surface area contributed by atoms with E-state index in [1.54, 1.807) is 0 Å². The number of nitrogens with one attached hydrogen (secondary N) is 2. The lowest BCUT2D eigenvalue weighted by Crippen LogP contribution is -2.45. The Labute approximate surface area is 92.4 Å². The van der Waals surface area contributed by atoms with E-state index in [0.717, 1.165) is 19.5 Å². The number of carbonyl (C=O) groups excluding carboxylic acids is 1. The van der Waals surface area contributed by atoms with Crippen LogP contribution in [0.3, 0.4) is 0 Å². The Balaban J connectivity index is 2.19. The van der Waals surface area contributed by atoms with E-state index >= 15 is 0 Å². The molecule has 0 aromatic heterocycles. The molecule has 0 aromatic carbocycles. The fourth-order valence-electron chi connectivity index (χ4n) is 1.63. The molecule has 1 rings (SSSR count). The third-order valence-corrected chi connectivity index (χ3v) is 2.51. The van der Waals surface area contributed by atoms with Gasteiger partial charge in [-0.25, -0.2) is 4.79 Å². The van der Waals surface area contributed by atoms with Gasteiger partial charge in [-0.05, 0) is 25.4 Å². The Morgan fingerprint density at radius 3 is 2.60 bits per heavy atom. The summed E-state index contributed by atoms with van der Waals surface area (Å²) in [5.74, 6) is 0. The highest BCUT2D eigenvalue weighted by molar-refractivity contribution is 5.74. The van der Waals surface area contributed by atoms with E-state index in [4.69, 9.17) is 0 Å².